The maximum atomic E-state index is 14.4. The largest absolute Gasteiger partial charge is 0.492 e. The van der Waals surface area contributed by atoms with Crippen molar-refractivity contribution in [2.75, 3.05) is 26.3 Å². The number of rotatable bonds is 11. The third-order valence-electron chi connectivity index (χ3n) is 8.17. The lowest BCUT2D eigenvalue weighted by Gasteiger charge is -2.24. The number of aromatic nitrogens is 3. The van der Waals surface area contributed by atoms with E-state index in [9.17, 15) is 19.1 Å². The van der Waals surface area contributed by atoms with Gasteiger partial charge in [0.15, 0.2) is 0 Å². The van der Waals surface area contributed by atoms with Crippen LogP contribution in [0.2, 0.25) is 25.7 Å². The van der Waals surface area contributed by atoms with Gasteiger partial charge in [0.1, 0.15) is 41.4 Å². The summed E-state index contributed by atoms with van der Waals surface area (Å²) in [6.45, 7) is 15.3. The van der Waals surface area contributed by atoms with E-state index >= 15 is 0 Å². The zero-order valence-electron chi connectivity index (χ0n) is 27.9. The van der Waals surface area contributed by atoms with Crippen molar-refractivity contribution in [3.63, 3.8) is 0 Å². The number of halogens is 1. The molecule has 2 N–H and O–H groups in total. The van der Waals surface area contributed by atoms with Gasteiger partial charge >= 0.3 is 6.09 Å². The van der Waals surface area contributed by atoms with E-state index in [0.29, 0.717) is 58.4 Å². The van der Waals surface area contributed by atoms with Gasteiger partial charge in [-0.25, -0.2) is 19.2 Å². The first-order valence-electron chi connectivity index (χ1n) is 15.9. The summed E-state index contributed by atoms with van der Waals surface area (Å²) in [7, 11) is -1.36. The molecule has 3 aromatic rings. The first-order chi connectivity index (χ1) is 21.6. The Labute approximate surface area is 270 Å². The summed E-state index contributed by atoms with van der Waals surface area (Å²) in [6, 6.07) is 4.61. The van der Waals surface area contributed by atoms with E-state index in [0.717, 1.165) is 18.9 Å². The van der Waals surface area contributed by atoms with Crippen LogP contribution in [0.3, 0.4) is 0 Å². The Morgan fingerprint density at radius 3 is 2.57 bits per heavy atom. The van der Waals surface area contributed by atoms with Crippen LogP contribution >= 0.6 is 0 Å². The molecular weight excluding hydrogens is 609 g/mol. The van der Waals surface area contributed by atoms with E-state index in [1.807, 2.05) is 11.5 Å². The van der Waals surface area contributed by atoms with E-state index < -0.39 is 43.6 Å². The van der Waals surface area contributed by atoms with E-state index in [-0.39, 0.29) is 19.8 Å². The SMILES string of the molecule is Cc1c(C(=O)N[C@@H]2CN(C(=O)OC(C)(C)C)C[C@H]2O)c2ncnc(-c3ccc(F)cc3OCC3CC3)c2n1COCC[Si](C)(C)C. The predicted molar refractivity (Wildman–Crippen MR) is 175 cm³/mol. The molecule has 0 bridgehead atoms. The van der Waals surface area contributed by atoms with Crippen molar-refractivity contribution in [3.8, 4) is 17.0 Å². The van der Waals surface area contributed by atoms with Crippen molar-refractivity contribution in [1.82, 2.24) is 24.8 Å². The molecule has 2 aromatic heterocycles. The second kappa shape index (κ2) is 13.3. The van der Waals surface area contributed by atoms with E-state index in [2.05, 4.69) is 34.9 Å². The average Bonchev–Trinajstić information content (AvgIpc) is 3.65. The van der Waals surface area contributed by atoms with Gasteiger partial charge in [-0.3, -0.25) is 4.79 Å². The number of ether oxygens (including phenoxy) is 3. The number of likely N-dealkylation sites (tertiary alicyclic amines) is 1. The monoisotopic (exact) mass is 655 g/mol. The Kier molecular flexibility index (Phi) is 9.76. The molecule has 1 aliphatic carbocycles. The van der Waals surface area contributed by atoms with Gasteiger partial charge in [-0.05, 0) is 64.6 Å². The second-order valence-electron chi connectivity index (χ2n) is 14.6. The zero-order valence-corrected chi connectivity index (χ0v) is 28.9. The molecule has 0 spiro atoms. The van der Waals surface area contributed by atoms with Crippen LogP contribution in [0.25, 0.3) is 22.3 Å². The van der Waals surface area contributed by atoms with Gasteiger partial charge in [-0.15, -0.1) is 0 Å². The molecule has 250 valence electrons. The summed E-state index contributed by atoms with van der Waals surface area (Å²) in [5.74, 6) is -0.0386. The fraction of sp³-hybridized carbons (Fsp3) is 0.576. The number of carbonyl (C=O) groups excluding carboxylic acids is 2. The van der Waals surface area contributed by atoms with Gasteiger partial charge < -0.3 is 34.1 Å². The normalized spacial score (nSPS) is 18.7. The minimum atomic E-state index is -1.36. The summed E-state index contributed by atoms with van der Waals surface area (Å²) in [4.78, 5) is 37.2. The summed E-state index contributed by atoms with van der Waals surface area (Å²) in [5, 5.41) is 13.7. The van der Waals surface area contributed by atoms with E-state index in [1.54, 1.807) is 26.8 Å². The fourth-order valence-electron chi connectivity index (χ4n) is 5.40. The molecule has 2 amide bonds. The van der Waals surface area contributed by atoms with Gasteiger partial charge in [-0.2, -0.15) is 0 Å². The third-order valence-corrected chi connectivity index (χ3v) is 9.87. The number of nitrogens with zero attached hydrogens (tertiary/aromatic N) is 4. The number of β-amino-alcohol motifs (C(OH)–C–C–N with tert-alkyl or cyclic N) is 1. The number of carbonyl (C=O) groups is 2. The van der Waals surface area contributed by atoms with Crippen molar-refractivity contribution in [2.24, 2.45) is 5.92 Å². The predicted octanol–water partition coefficient (Wildman–Crippen LogP) is 5.36. The average molecular weight is 656 g/mol. The first kappa shape index (κ1) is 33.8. The summed E-state index contributed by atoms with van der Waals surface area (Å²) in [6.07, 6.45) is 2.02. The zero-order chi connectivity index (χ0) is 33.4. The molecule has 0 radical (unpaired) electrons. The van der Waals surface area contributed by atoms with E-state index in [1.165, 1.54) is 23.4 Å². The lowest BCUT2D eigenvalue weighted by atomic mass is 10.1. The Morgan fingerprint density at radius 1 is 1.15 bits per heavy atom. The minimum Gasteiger partial charge on any atom is -0.492 e. The number of aliphatic hydroxyl groups is 1. The van der Waals surface area contributed by atoms with Crippen LogP contribution in [-0.4, -0.2) is 88.7 Å². The fourth-order valence-corrected chi connectivity index (χ4v) is 6.16. The Hall–Kier alpha value is -3.55. The number of amides is 2. The van der Waals surface area contributed by atoms with Gasteiger partial charge in [0.2, 0.25) is 0 Å². The molecule has 0 unspecified atom stereocenters. The molecule has 13 heteroatoms. The van der Waals surface area contributed by atoms with Crippen molar-refractivity contribution in [2.45, 2.75) is 90.7 Å². The van der Waals surface area contributed by atoms with Gasteiger partial charge in [-0.1, -0.05) is 19.6 Å². The standard InChI is InChI=1S/C33H46FN5O6Si/c1-20-27(31(41)37-24-15-38(16-25(24)40)32(42)45-33(2,3)4)29-30(39(20)19-43-12-13-46(5,6)7)28(35-18-36-29)23-11-10-22(34)14-26(23)44-17-21-8-9-21/h10-11,14,18,21,24-25,40H,8-9,12-13,15-17,19H2,1-7H3,(H,37,41)/t24-,25-/m1/s1. The number of nitrogens with one attached hydrogen (secondary N) is 1. The molecule has 1 saturated heterocycles. The molecule has 2 aliphatic rings. The smallest absolute Gasteiger partial charge is 0.410 e. The molecule has 5 rings (SSSR count). The quantitative estimate of drug-likeness (QED) is 0.209. The first-order valence-corrected chi connectivity index (χ1v) is 19.6. The second-order valence-corrected chi connectivity index (χ2v) is 20.2. The summed E-state index contributed by atoms with van der Waals surface area (Å²) in [5.41, 5.74) is 2.24. The molecule has 1 aromatic carbocycles. The van der Waals surface area contributed by atoms with Crippen LogP contribution in [-0.2, 0) is 16.2 Å². The number of aliphatic hydroxyl groups excluding tert-OH is 1. The molecule has 11 nitrogen and oxygen atoms in total. The highest BCUT2D eigenvalue weighted by molar-refractivity contribution is 6.76. The summed E-state index contributed by atoms with van der Waals surface area (Å²) < 4.78 is 34.0. The van der Waals surface area contributed by atoms with Crippen LogP contribution in [0.5, 0.6) is 5.75 Å². The summed E-state index contributed by atoms with van der Waals surface area (Å²) >= 11 is 0. The maximum absolute atomic E-state index is 14.4. The molecule has 3 heterocycles. The molecule has 2 fully saturated rings. The Balaban J connectivity index is 1.50. The molecule has 46 heavy (non-hydrogen) atoms. The maximum Gasteiger partial charge on any atom is 0.410 e. The highest BCUT2D eigenvalue weighted by Gasteiger charge is 2.38. The van der Waals surface area contributed by atoms with Crippen LogP contribution < -0.4 is 10.1 Å². The lowest BCUT2D eigenvalue weighted by Crippen LogP contribution is -2.43. The highest BCUT2D eigenvalue weighted by atomic mass is 28.3. The van der Waals surface area contributed by atoms with Crippen LogP contribution in [0, 0.1) is 18.7 Å². The lowest BCUT2D eigenvalue weighted by molar-refractivity contribution is 0.0269. The van der Waals surface area contributed by atoms with Crippen molar-refractivity contribution in [3.05, 3.63) is 41.6 Å². The number of benzene rings is 1. The highest BCUT2D eigenvalue weighted by Crippen LogP contribution is 2.38. The minimum absolute atomic E-state index is 0.0338. The number of fused-ring (bicyclic) bond motifs is 1. The van der Waals surface area contributed by atoms with Crippen molar-refractivity contribution < 1.29 is 33.3 Å². The Morgan fingerprint density at radius 2 is 1.89 bits per heavy atom. The van der Waals surface area contributed by atoms with Crippen molar-refractivity contribution in [1.29, 1.82) is 0 Å². The van der Waals surface area contributed by atoms with Crippen LogP contribution in [0.4, 0.5) is 9.18 Å². The van der Waals surface area contributed by atoms with E-state index in [4.69, 9.17) is 14.2 Å². The van der Waals surface area contributed by atoms with Gasteiger partial charge in [0.25, 0.3) is 5.91 Å². The van der Waals surface area contributed by atoms with Gasteiger partial charge in [0, 0.05) is 38.5 Å². The molecule has 2 atom stereocenters. The molecular formula is C33H46FN5O6Si. The molecule has 1 aliphatic heterocycles. The molecule has 1 saturated carbocycles. The topological polar surface area (TPSA) is 128 Å². The Bertz CT molecular complexity index is 1600. The third kappa shape index (κ3) is 8.05. The number of hydrogen-bond donors (Lipinski definition) is 2. The van der Waals surface area contributed by atoms with Crippen LogP contribution in [0.1, 0.15) is 49.7 Å². The van der Waals surface area contributed by atoms with Crippen molar-refractivity contribution >= 4 is 31.1 Å². The van der Waals surface area contributed by atoms with Crippen LogP contribution in [0.15, 0.2) is 24.5 Å². The number of hydrogen-bond acceptors (Lipinski definition) is 8. The van der Waals surface area contributed by atoms with Gasteiger partial charge in [0.05, 0.1) is 36.4 Å².